The van der Waals surface area contributed by atoms with E-state index in [1.165, 1.54) is 5.56 Å². The summed E-state index contributed by atoms with van der Waals surface area (Å²) in [7, 11) is 0. The molecule has 0 amide bonds. The van der Waals surface area contributed by atoms with E-state index in [2.05, 4.69) is 24.3 Å². The lowest BCUT2D eigenvalue weighted by Crippen LogP contribution is -2.43. The van der Waals surface area contributed by atoms with Crippen LogP contribution in [0.3, 0.4) is 0 Å². The van der Waals surface area contributed by atoms with E-state index in [4.69, 9.17) is 4.74 Å². The summed E-state index contributed by atoms with van der Waals surface area (Å²) in [5.74, 6) is 0.621. The quantitative estimate of drug-likeness (QED) is 0.824. The Labute approximate surface area is 122 Å². The van der Waals surface area contributed by atoms with E-state index in [1.54, 1.807) is 0 Å². The minimum Gasteiger partial charge on any atom is -0.390 e. The highest BCUT2D eigenvalue weighted by atomic mass is 16.5. The van der Waals surface area contributed by atoms with Crippen LogP contribution in [0.15, 0.2) is 42.5 Å². The van der Waals surface area contributed by atoms with Gasteiger partial charge in [0.05, 0.1) is 18.8 Å². The molecule has 110 valence electrons. The number of benzene rings is 1. The van der Waals surface area contributed by atoms with Gasteiger partial charge in [-0.2, -0.15) is 0 Å². The Morgan fingerprint density at radius 2 is 2.10 bits per heavy atom. The SMILES string of the molecule is C/C=C/C1C(COCc2ccccc2)CCCC1(C)O. The second-order valence-electron chi connectivity index (χ2n) is 6.06. The van der Waals surface area contributed by atoms with E-state index >= 15 is 0 Å². The molecule has 0 bridgehead atoms. The number of allylic oxidation sites excluding steroid dienone is 1. The van der Waals surface area contributed by atoms with Crippen molar-refractivity contribution in [2.45, 2.75) is 45.3 Å². The van der Waals surface area contributed by atoms with E-state index < -0.39 is 5.60 Å². The molecular weight excluding hydrogens is 248 g/mol. The zero-order valence-electron chi connectivity index (χ0n) is 12.6. The molecule has 0 spiro atoms. The summed E-state index contributed by atoms with van der Waals surface area (Å²) in [6.45, 7) is 5.36. The average Bonchev–Trinajstić information content (AvgIpc) is 2.43. The first-order chi connectivity index (χ1) is 9.63. The fourth-order valence-corrected chi connectivity index (χ4v) is 3.24. The van der Waals surface area contributed by atoms with Gasteiger partial charge in [0.15, 0.2) is 0 Å². The van der Waals surface area contributed by atoms with Gasteiger partial charge in [-0.3, -0.25) is 0 Å². The van der Waals surface area contributed by atoms with Crippen LogP contribution in [-0.2, 0) is 11.3 Å². The highest BCUT2D eigenvalue weighted by Crippen LogP contribution is 2.39. The van der Waals surface area contributed by atoms with Crippen LogP contribution in [-0.4, -0.2) is 17.3 Å². The largest absolute Gasteiger partial charge is 0.390 e. The molecule has 2 heteroatoms. The Hall–Kier alpha value is -1.12. The van der Waals surface area contributed by atoms with E-state index in [-0.39, 0.29) is 5.92 Å². The molecule has 1 fully saturated rings. The summed E-state index contributed by atoms with van der Waals surface area (Å²) < 4.78 is 5.88. The average molecular weight is 274 g/mol. The molecule has 3 atom stereocenters. The van der Waals surface area contributed by atoms with Gasteiger partial charge in [0.1, 0.15) is 0 Å². The Morgan fingerprint density at radius 1 is 1.35 bits per heavy atom. The van der Waals surface area contributed by atoms with Crippen molar-refractivity contribution in [3.8, 4) is 0 Å². The Balaban J connectivity index is 1.90. The van der Waals surface area contributed by atoms with Crippen LogP contribution in [0.25, 0.3) is 0 Å². The third-order valence-electron chi connectivity index (χ3n) is 4.33. The van der Waals surface area contributed by atoms with Crippen LogP contribution >= 0.6 is 0 Å². The van der Waals surface area contributed by atoms with Crippen LogP contribution in [0.5, 0.6) is 0 Å². The minimum absolute atomic E-state index is 0.206. The molecule has 1 N–H and O–H groups in total. The summed E-state index contributed by atoms with van der Waals surface area (Å²) in [6.07, 6.45) is 7.31. The van der Waals surface area contributed by atoms with Crippen molar-refractivity contribution in [1.82, 2.24) is 0 Å². The number of aliphatic hydroxyl groups is 1. The fourth-order valence-electron chi connectivity index (χ4n) is 3.24. The standard InChI is InChI=1S/C18H26O2/c1-3-8-17-16(11-7-12-18(17,2)19)14-20-13-15-9-5-4-6-10-15/h3-6,8-10,16-17,19H,7,11-14H2,1-2H3/b8-3+. The van der Waals surface area contributed by atoms with Gasteiger partial charge in [-0.15, -0.1) is 0 Å². The number of hydrogen-bond donors (Lipinski definition) is 1. The third kappa shape index (κ3) is 3.94. The lowest BCUT2D eigenvalue weighted by atomic mass is 9.70. The molecule has 0 aliphatic heterocycles. The van der Waals surface area contributed by atoms with Crippen LogP contribution in [0.2, 0.25) is 0 Å². The second-order valence-corrected chi connectivity index (χ2v) is 6.06. The first-order valence-corrected chi connectivity index (χ1v) is 7.60. The van der Waals surface area contributed by atoms with Gasteiger partial charge in [0, 0.05) is 5.92 Å². The Kier molecular flexibility index (Phi) is 5.38. The maximum Gasteiger partial charge on any atom is 0.0717 e. The molecule has 1 aliphatic carbocycles. The molecule has 3 unspecified atom stereocenters. The molecule has 0 radical (unpaired) electrons. The summed E-state index contributed by atoms with van der Waals surface area (Å²) in [5, 5.41) is 10.5. The molecule has 2 nitrogen and oxygen atoms in total. The predicted molar refractivity (Wildman–Crippen MR) is 82.4 cm³/mol. The fraction of sp³-hybridized carbons (Fsp3) is 0.556. The van der Waals surface area contributed by atoms with E-state index in [1.807, 2.05) is 32.0 Å². The molecule has 2 rings (SSSR count). The lowest BCUT2D eigenvalue weighted by Gasteiger charge is -2.41. The maximum absolute atomic E-state index is 10.5. The van der Waals surface area contributed by atoms with Gasteiger partial charge in [-0.25, -0.2) is 0 Å². The summed E-state index contributed by atoms with van der Waals surface area (Å²) >= 11 is 0. The Morgan fingerprint density at radius 3 is 2.80 bits per heavy atom. The van der Waals surface area contributed by atoms with E-state index in [0.29, 0.717) is 12.5 Å². The summed E-state index contributed by atoms with van der Waals surface area (Å²) in [4.78, 5) is 0. The van der Waals surface area contributed by atoms with Crippen LogP contribution in [0.4, 0.5) is 0 Å². The van der Waals surface area contributed by atoms with Gasteiger partial charge < -0.3 is 9.84 Å². The van der Waals surface area contributed by atoms with Crippen LogP contribution in [0.1, 0.15) is 38.7 Å². The van der Waals surface area contributed by atoms with Crippen molar-refractivity contribution in [2.24, 2.45) is 11.8 Å². The zero-order chi connectivity index (χ0) is 14.4. The monoisotopic (exact) mass is 274 g/mol. The molecule has 20 heavy (non-hydrogen) atoms. The van der Waals surface area contributed by atoms with Gasteiger partial charge in [-0.05, 0) is 38.2 Å². The second kappa shape index (κ2) is 7.05. The molecule has 0 saturated heterocycles. The first kappa shape index (κ1) is 15.3. The van der Waals surface area contributed by atoms with Crippen molar-refractivity contribution < 1.29 is 9.84 Å². The maximum atomic E-state index is 10.5. The summed E-state index contributed by atoms with van der Waals surface area (Å²) in [5.41, 5.74) is 0.614. The van der Waals surface area contributed by atoms with Gasteiger partial charge in [-0.1, -0.05) is 48.9 Å². The number of rotatable bonds is 5. The van der Waals surface area contributed by atoms with Crippen molar-refractivity contribution in [3.05, 3.63) is 48.0 Å². The lowest BCUT2D eigenvalue weighted by molar-refractivity contribution is -0.0606. The van der Waals surface area contributed by atoms with E-state index in [0.717, 1.165) is 25.9 Å². The Bertz CT molecular complexity index is 422. The minimum atomic E-state index is -0.592. The van der Waals surface area contributed by atoms with E-state index in [9.17, 15) is 5.11 Å². The molecule has 1 aromatic rings. The molecule has 1 saturated carbocycles. The van der Waals surface area contributed by atoms with Crippen molar-refractivity contribution in [3.63, 3.8) is 0 Å². The molecular formula is C18H26O2. The predicted octanol–water partition coefficient (Wildman–Crippen LogP) is 3.95. The van der Waals surface area contributed by atoms with Crippen LogP contribution in [0, 0.1) is 11.8 Å². The molecule has 1 aliphatic rings. The molecule has 0 aromatic heterocycles. The van der Waals surface area contributed by atoms with Crippen molar-refractivity contribution in [1.29, 1.82) is 0 Å². The number of hydrogen-bond acceptors (Lipinski definition) is 2. The number of ether oxygens (including phenoxy) is 1. The first-order valence-electron chi connectivity index (χ1n) is 7.60. The van der Waals surface area contributed by atoms with Crippen LogP contribution < -0.4 is 0 Å². The normalized spacial score (nSPS) is 30.8. The molecule has 1 aromatic carbocycles. The van der Waals surface area contributed by atoms with Crippen molar-refractivity contribution >= 4 is 0 Å². The summed E-state index contributed by atoms with van der Waals surface area (Å²) in [6, 6.07) is 10.3. The smallest absolute Gasteiger partial charge is 0.0717 e. The highest BCUT2D eigenvalue weighted by molar-refractivity contribution is 5.13. The highest BCUT2D eigenvalue weighted by Gasteiger charge is 2.39. The third-order valence-corrected chi connectivity index (χ3v) is 4.33. The van der Waals surface area contributed by atoms with Gasteiger partial charge in [0.2, 0.25) is 0 Å². The zero-order valence-corrected chi connectivity index (χ0v) is 12.6. The topological polar surface area (TPSA) is 29.5 Å². The van der Waals surface area contributed by atoms with Gasteiger partial charge in [0.25, 0.3) is 0 Å². The van der Waals surface area contributed by atoms with Crippen molar-refractivity contribution in [2.75, 3.05) is 6.61 Å². The van der Waals surface area contributed by atoms with Gasteiger partial charge >= 0.3 is 0 Å². The molecule has 0 heterocycles.